The van der Waals surface area contributed by atoms with Crippen molar-refractivity contribution in [1.29, 1.82) is 0 Å². The minimum Gasteiger partial charge on any atom is -0.493 e. The highest BCUT2D eigenvalue weighted by Gasteiger charge is 2.06. The van der Waals surface area contributed by atoms with Crippen LogP contribution >= 0.6 is 0 Å². The van der Waals surface area contributed by atoms with Gasteiger partial charge in [-0.25, -0.2) is 0 Å². The van der Waals surface area contributed by atoms with Crippen molar-refractivity contribution in [2.45, 2.75) is 53.5 Å². The van der Waals surface area contributed by atoms with Crippen LogP contribution in [0, 0.1) is 19.8 Å². The molecule has 0 aliphatic heterocycles. The Morgan fingerprint density at radius 1 is 1.10 bits per heavy atom. The summed E-state index contributed by atoms with van der Waals surface area (Å²) in [6, 6.07) is 4.42. The Bertz CT molecular complexity index is 393. The van der Waals surface area contributed by atoms with E-state index in [4.69, 9.17) is 9.84 Å². The molecule has 0 spiro atoms. The number of rotatable bonds is 10. The van der Waals surface area contributed by atoms with Crippen molar-refractivity contribution >= 4 is 0 Å². The zero-order chi connectivity index (χ0) is 15.7. The molecule has 0 aliphatic rings. The molecule has 0 atom stereocenters. The normalized spacial score (nSPS) is 11.1. The first-order chi connectivity index (χ1) is 10.0. The first kappa shape index (κ1) is 18.0. The number of unbranched alkanes of at least 4 members (excludes halogenated alkanes) is 2. The van der Waals surface area contributed by atoms with Gasteiger partial charge in [0.1, 0.15) is 5.75 Å². The molecule has 0 aliphatic carbocycles. The standard InChI is InChI=1S/C18H31NO2/c1-14(2)12-19-13-17-10-15(3)18(16(4)11-17)21-9-7-5-6-8-20/h10-11,14,19-20H,5-9,12-13H2,1-4H3. The molecule has 1 aromatic carbocycles. The van der Waals surface area contributed by atoms with E-state index >= 15 is 0 Å². The topological polar surface area (TPSA) is 41.5 Å². The van der Waals surface area contributed by atoms with Gasteiger partial charge >= 0.3 is 0 Å². The largest absolute Gasteiger partial charge is 0.493 e. The summed E-state index contributed by atoms with van der Waals surface area (Å²) in [6.45, 7) is 11.6. The summed E-state index contributed by atoms with van der Waals surface area (Å²) >= 11 is 0. The lowest BCUT2D eigenvalue weighted by atomic mass is 10.1. The number of nitrogens with one attached hydrogen (secondary N) is 1. The van der Waals surface area contributed by atoms with E-state index in [1.165, 1.54) is 16.7 Å². The number of aryl methyl sites for hydroxylation is 2. The van der Waals surface area contributed by atoms with Gasteiger partial charge < -0.3 is 15.2 Å². The Kier molecular flexibility index (Phi) is 8.40. The molecule has 0 saturated carbocycles. The average molecular weight is 293 g/mol. The van der Waals surface area contributed by atoms with Crippen LogP contribution in [0.1, 0.15) is 49.8 Å². The summed E-state index contributed by atoms with van der Waals surface area (Å²) in [7, 11) is 0. The van der Waals surface area contributed by atoms with Crippen LogP contribution in [0.2, 0.25) is 0 Å². The molecular formula is C18H31NO2. The molecule has 0 aromatic heterocycles. The predicted octanol–water partition coefficient (Wildman–Crippen LogP) is 3.59. The van der Waals surface area contributed by atoms with Crippen molar-refractivity contribution in [2.24, 2.45) is 5.92 Å². The lowest BCUT2D eigenvalue weighted by molar-refractivity contribution is 0.265. The minimum atomic E-state index is 0.274. The summed E-state index contributed by atoms with van der Waals surface area (Å²) in [4.78, 5) is 0. The van der Waals surface area contributed by atoms with E-state index in [1.54, 1.807) is 0 Å². The van der Waals surface area contributed by atoms with Crippen LogP contribution in [0.3, 0.4) is 0 Å². The Balaban J connectivity index is 2.50. The number of ether oxygens (including phenoxy) is 1. The first-order valence-electron chi connectivity index (χ1n) is 8.09. The van der Waals surface area contributed by atoms with E-state index in [1.807, 2.05) is 0 Å². The fraction of sp³-hybridized carbons (Fsp3) is 0.667. The second-order valence-corrected chi connectivity index (χ2v) is 6.22. The van der Waals surface area contributed by atoms with Gasteiger partial charge in [-0.15, -0.1) is 0 Å². The molecule has 0 radical (unpaired) electrons. The van der Waals surface area contributed by atoms with E-state index in [0.29, 0.717) is 5.92 Å². The third-order valence-corrected chi connectivity index (χ3v) is 3.45. The summed E-state index contributed by atoms with van der Waals surface area (Å²) in [5.74, 6) is 1.69. The molecule has 0 fully saturated rings. The molecule has 0 amide bonds. The average Bonchev–Trinajstić information content (AvgIpc) is 2.40. The molecule has 120 valence electrons. The molecule has 0 bridgehead atoms. The quantitative estimate of drug-likeness (QED) is 0.648. The zero-order valence-electron chi connectivity index (χ0n) is 14.0. The molecule has 3 nitrogen and oxygen atoms in total. The molecule has 3 heteroatoms. The second-order valence-electron chi connectivity index (χ2n) is 6.22. The van der Waals surface area contributed by atoms with Crippen molar-refractivity contribution in [3.63, 3.8) is 0 Å². The van der Waals surface area contributed by atoms with Crippen molar-refractivity contribution in [3.8, 4) is 5.75 Å². The summed E-state index contributed by atoms with van der Waals surface area (Å²) in [5.41, 5.74) is 3.73. The molecule has 0 saturated heterocycles. The van der Waals surface area contributed by atoms with Gasteiger partial charge in [0.25, 0.3) is 0 Å². The Morgan fingerprint density at radius 2 is 1.76 bits per heavy atom. The second kappa shape index (κ2) is 9.80. The maximum Gasteiger partial charge on any atom is 0.125 e. The highest BCUT2D eigenvalue weighted by molar-refractivity contribution is 5.43. The lowest BCUT2D eigenvalue weighted by Gasteiger charge is -2.15. The molecule has 2 N–H and O–H groups in total. The van der Waals surface area contributed by atoms with Crippen molar-refractivity contribution < 1.29 is 9.84 Å². The van der Waals surface area contributed by atoms with Crippen LogP contribution in [-0.4, -0.2) is 24.9 Å². The Labute approximate surface area is 129 Å². The Hall–Kier alpha value is -1.06. The van der Waals surface area contributed by atoms with E-state index in [0.717, 1.165) is 44.7 Å². The number of hydrogen-bond acceptors (Lipinski definition) is 3. The van der Waals surface area contributed by atoms with Crippen LogP contribution in [0.4, 0.5) is 0 Å². The van der Waals surface area contributed by atoms with Crippen LogP contribution in [0.5, 0.6) is 5.75 Å². The maximum absolute atomic E-state index is 8.76. The maximum atomic E-state index is 8.76. The van der Waals surface area contributed by atoms with Crippen molar-refractivity contribution in [1.82, 2.24) is 5.32 Å². The third-order valence-electron chi connectivity index (χ3n) is 3.45. The Morgan fingerprint density at radius 3 is 2.33 bits per heavy atom. The van der Waals surface area contributed by atoms with Crippen molar-refractivity contribution in [3.05, 3.63) is 28.8 Å². The van der Waals surface area contributed by atoms with Crippen LogP contribution in [-0.2, 0) is 6.54 Å². The zero-order valence-corrected chi connectivity index (χ0v) is 14.0. The monoisotopic (exact) mass is 293 g/mol. The van der Waals surface area contributed by atoms with Crippen LogP contribution in [0.25, 0.3) is 0 Å². The fourth-order valence-corrected chi connectivity index (χ4v) is 2.44. The van der Waals surface area contributed by atoms with Gasteiger partial charge in [0, 0.05) is 13.2 Å². The lowest BCUT2D eigenvalue weighted by Crippen LogP contribution is -2.19. The molecule has 0 heterocycles. The minimum absolute atomic E-state index is 0.274. The van der Waals surface area contributed by atoms with E-state index in [2.05, 4.69) is 45.1 Å². The van der Waals surface area contributed by atoms with Gasteiger partial charge in [-0.05, 0) is 62.3 Å². The van der Waals surface area contributed by atoms with Gasteiger partial charge in [0.15, 0.2) is 0 Å². The number of aliphatic hydroxyl groups is 1. The van der Waals surface area contributed by atoms with Gasteiger partial charge in [-0.3, -0.25) is 0 Å². The van der Waals surface area contributed by atoms with E-state index in [-0.39, 0.29) is 6.61 Å². The summed E-state index contributed by atoms with van der Waals surface area (Å²) in [6.07, 6.45) is 2.88. The SMILES string of the molecule is Cc1cc(CNCC(C)C)cc(C)c1OCCCCCO. The van der Waals surface area contributed by atoms with Gasteiger partial charge in [0.05, 0.1) is 6.61 Å². The van der Waals surface area contributed by atoms with Gasteiger partial charge in [-0.2, -0.15) is 0 Å². The molecule has 0 unspecified atom stereocenters. The van der Waals surface area contributed by atoms with Crippen molar-refractivity contribution in [2.75, 3.05) is 19.8 Å². The molecule has 21 heavy (non-hydrogen) atoms. The van der Waals surface area contributed by atoms with Gasteiger partial charge in [0.2, 0.25) is 0 Å². The summed E-state index contributed by atoms with van der Waals surface area (Å²) in [5, 5.41) is 12.2. The fourth-order valence-electron chi connectivity index (χ4n) is 2.44. The van der Waals surface area contributed by atoms with Crippen LogP contribution in [0.15, 0.2) is 12.1 Å². The van der Waals surface area contributed by atoms with Crippen LogP contribution < -0.4 is 10.1 Å². The number of aliphatic hydroxyl groups excluding tert-OH is 1. The third kappa shape index (κ3) is 6.96. The van der Waals surface area contributed by atoms with E-state index in [9.17, 15) is 0 Å². The molecular weight excluding hydrogens is 262 g/mol. The smallest absolute Gasteiger partial charge is 0.125 e. The van der Waals surface area contributed by atoms with Gasteiger partial charge in [-0.1, -0.05) is 26.0 Å². The number of hydrogen-bond donors (Lipinski definition) is 2. The predicted molar refractivity (Wildman–Crippen MR) is 88.9 cm³/mol. The number of benzene rings is 1. The summed E-state index contributed by atoms with van der Waals surface area (Å²) < 4.78 is 5.91. The molecule has 1 aromatic rings. The molecule has 1 rings (SSSR count). The first-order valence-corrected chi connectivity index (χ1v) is 8.09. The highest BCUT2D eigenvalue weighted by atomic mass is 16.5. The van der Waals surface area contributed by atoms with E-state index < -0.39 is 0 Å². The highest BCUT2D eigenvalue weighted by Crippen LogP contribution is 2.25.